The molecule has 0 saturated carbocycles. The molecular formula is C27H40F2N6O4. The average Bonchev–Trinajstić information content (AvgIpc) is 2.87. The Morgan fingerprint density at radius 1 is 1.03 bits per heavy atom. The van der Waals surface area contributed by atoms with Crippen molar-refractivity contribution >= 4 is 29.3 Å². The van der Waals surface area contributed by atoms with Crippen LogP contribution >= 0.6 is 0 Å². The van der Waals surface area contributed by atoms with E-state index >= 15 is 0 Å². The standard InChI is InChI=1S/C27H40F2N6O4/c1-27(2,3)39-26(38)32-35-12-9-18(10-13-35)8-11-33-14-16-34(17-15-33)21-6-4-19(23(28)24(21)29)30-20-5-7-22(36)31-25(20)37/h4,6,18,20,30H,5,7-17H2,1-3H3,(H,32,38)(H,31,36,37). The van der Waals surface area contributed by atoms with Crippen LogP contribution in [0.2, 0.25) is 0 Å². The van der Waals surface area contributed by atoms with Crippen molar-refractivity contribution in [1.29, 1.82) is 0 Å². The third-order valence-corrected chi connectivity index (χ3v) is 7.46. The number of ether oxygens (including phenoxy) is 1. The summed E-state index contributed by atoms with van der Waals surface area (Å²) < 4.78 is 35.1. The van der Waals surface area contributed by atoms with E-state index in [0.717, 1.165) is 52.0 Å². The van der Waals surface area contributed by atoms with Crippen molar-refractivity contribution in [2.45, 2.75) is 64.5 Å². The van der Waals surface area contributed by atoms with Gasteiger partial charge in [0.15, 0.2) is 11.6 Å². The van der Waals surface area contributed by atoms with Gasteiger partial charge in [0.1, 0.15) is 11.6 Å². The zero-order valence-corrected chi connectivity index (χ0v) is 23.0. The van der Waals surface area contributed by atoms with Crippen molar-refractivity contribution in [3.63, 3.8) is 0 Å². The van der Waals surface area contributed by atoms with Gasteiger partial charge in [0.05, 0.1) is 11.4 Å². The number of amides is 3. The number of rotatable bonds is 7. The topological polar surface area (TPSA) is 106 Å². The van der Waals surface area contributed by atoms with Crippen LogP contribution in [0.1, 0.15) is 52.9 Å². The van der Waals surface area contributed by atoms with Crippen LogP contribution in [0, 0.1) is 17.6 Å². The Morgan fingerprint density at radius 3 is 2.36 bits per heavy atom. The van der Waals surface area contributed by atoms with Gasteiger partial charge in [-0.3, -0.25) is 25.2 Å². The highest BCUT2D eigenvalue weighted by molar-refractivity contribution is 6.01. The second-order valence-corrected chi connectivity index (χ2v) is 11.6. The van der Waals surface area contributed by atoms with Crippen molar-refractivity contribution in [2.24, 2.45) is 5.92 Å². The lowest BCUT2D eigenvalue weighted by atomic mass is 9.94. The highest BCUT2D eigenvalue weighted by Crippen LogP contribution is 2.29. The molecule has 1 unspecified atom stereocenters. The van der Waals surface area contributed by atoms with Crippen LogP contribution in [-0.2, 0) is 14.3 Å². The van der Waals surface area contributed by atoms with Crippen LogP contribution < -0.4 is 21.0 Å². The summed E-state index contributed by atoms with van der Waals surface area (Å²) in [5.41, 5.74) is 2.43. The second-order valence-electron chi connectivity index (χ2n) is 11.6. The summed E-state index contributed by atoms with van der Waals surface area (Å²) in [6.45, 7) is 10.8. The molecule has 0 aromatic heterocycles. The lowest BCUT2D eigenvalue weighted by molar-refractivity contribution is -0.133. The Bertz CT molecular complexity index is 1050. The molecule has 3 aliphatic rings. The van der Waals surface area contributed by atoms with E-state index in [9.17, 15) is 23.2 Å². The number of carbonyl (C=O) groups is 3. The molecule has 0 bridgehead atoms. The lowest BCUT2D eigenvalue weighted by Crippen LogP contribution is -2.49. The number of hydrogen-bond acceptors (Lipinski definition) is 8. The van der Waals surface area contributed by atoms with Crippen LogP contribution in [0.4, 0.5) is 25.0 Å². The normalized spacial score (nSPS) is 22.0. The number of carbonyl (C=O) groups excluding carboxylic acids is 3. The summed E-state index contributed by atoms with van der Waals surface area (Å²) in [5.74, 6) is -2.28. The predicted octanol–water partition coefficient (Wildman–Crippen LogP) is 2.85. The van der Waals surface area contributed by atoms with Crippen molar-refractivity contribution < 1.29 is 27.9 Å². The number of hydrogen-bond donors (Lipinski definition) is 3. The first-order valence-corrected chi connectivity index (χ1v) is 13.8. The van der Waals surface area contributed by atoms with Gasteiger partial charge in [-0.05, 0) is 71.0 Å². The van der Waals surface area contributed by atoms with E-state index in [1.807, 2.05) is 30.7 Å². The molecule has 1 atom stereocenters. The minimum absolute atomic E-state index is 0.0864. The SMILES string of the molecule is CC(C)(C)OC(=O)NN1CCC(CCN2CCN(c3ccc(NC4CCC(=O)NC4=O)c(F)c3F)CC2)CC1. The van der Waals surface area contributed by atoms with Crippen molar-refractivity contribution in [3.05, 3.63) is 23.8 Å². The molecule has 3 aliphatic heterocycles. The van der Waals surface area contributed by atoms with E-state index in [2.05, 4.69) is 21.0 Å². The van der Waals surface area contributed by atoms with Gasteiger partial charge in [-0.1, -0.05) is 0 Å². The molecule has 216 valence electrons. The third kappa shape index (κ3) is 8.01. The van der Waals surface area contributed by atoms with Gasteiger partial charge in [0.2, 0.25) is 11.8 Å². The van der Waals surface area contributed by atoms with Crippen molar-refractivity contribution in [2.75, 3.05) is 56.0 Å². The van der Waals surface area contributed by atoms with Crippen LogP contribution in [0.5, 0.6) is 0 Å². The molecule has 10 nitrogen and oxygen atoms in total. The highest BCUT2D eigenvalue weighted by Gasteiger charge is 2.29. The zero-order chi connectivity index (χ0) is 28.2. The van der Waals surface area contributed by atoms with Gasteiger partial charge in [-0.2, -0.15) is 0 Å². The fraction of sp³-hybridized carbons (Fsp3) is 0.667. The van der Waals surface area contributed by atoms with Crippen molar-refractivity contribution in [1.82, 2.24) is 20.7 Å². The number of piperazine rings is 1. The molecule has 0 aliphatic carbocycles. The first-order valence-electron chi connectivity index (χ1n) is 13.8. The lowest BCUT2D eigenvalue weighted by Gasteiger charge is -2.38. The van der Waals surface area contributed by atoms with Gasteiger partial charge in [-0.25, -0.2) is 18.6 Å². The van der Waals surface area contributed by atoms with E-state index in [4.69, 9.17) is 4.74 Å². The Hall–Kier alpha value is -2.99. The fourth-order valence-electron chi connectivity index (χ4n) is 5.25. The Kier molecular flexibility index (Phi) is 9.27. The number of imide groups is 1. The number of anilines is 2. The number of halogens is 2. The number of benzene rings is 1. The minimum atomic E-state index is -1.02. The van der Waals surface area contributed by atoms with Crippen LogP contribution in [0.3, 0.4) is 0 Å². The summed E-state index contributed by atoms with van der Waals surface area (Å²) in [6, 6.07) is 2.22. The molecule has 0 radical (unpaired) electrons. The monoisotopic (exact) mass is 550 g/mol. The largest absolute Gasteiger partial charge is 0.443 e. The van der Waals surface area contributed by atoms with Gasteiger partial charge in [0.25, 0.3) is 0 Å². The number of nitrogens with one attached hydrogen (secondary N) is 3. The predicted molar refractivity (Wildman–Crippen MR) is 143 cm³/mol. The molecule has 39 heavy (non-hydrogen) atoms. The first-order chi connectivity index (χ1) is 18.5. The molecule has 4 rings (SSSR count). The molecule has 3 amide bonds. The van der Waals surface area contributed by atoms with Gasteiger partial charge < -0.3 is 15.0 Å². The summed E-state index contributed by atoms with van der Waals surface area (Å²) in [6.07, 6.45) is 3.02. The highest BCUT2D eigenvalue weighted by atomic mass is 19.2. The third-order valence-electron chi connectivity index (χ3n) is 7.46. The maximum absolute atomic E-state index is 15.0. The van der Waals surface area contributed by atoms with Crippen molar-refractivity contribution in [3.8, 4) is 0 Å². The molecule has 3 heterocycles. The summed E-state index contributed by atoms with van der Waals surface area (Å²) in [4.78, 5) is 39.4. The number of nitrogens with zero attached hydrogens (tertiary/aromatic N) is 3. The van der Waals surface area contributed by atoms with E-state index in [-0.39, 0.29) is 30.1 Å². The second kappa shape index (κ2) is 12.5. The Morgan fingerprint density at radius 2 is 1.72 bits per heavy atom. The molecule has 1 aromatic carbocycles. The first kappa shape index (κ1) is 29.0. The van der Waals surface area contributed by atoms with E-state index in [0.29, 0.717) is 19.0 Å². The average molecular weight is 551 g/mol. The quantitative estimate of drug-likeness (QED) is 0.445. The molecule has 12 heteroatoms. The summed E-state index contributed by atoms with van der Waals surface area (Å²) in [5, 5.41) is 6.86. The maximum Gasteiger partial charge on any atom is 0.422 e. The fourth-order valence-corrected chi connectivity index (χ4v) is 5.25. The maximum atomic E-state index is 15.0. The summed E-state index contributed by atoms with van der Waals surface area (Å²) in [7, 11) is 0. The van der Waals surface area contributed by atoms with E-state index < -0.39 is 35.3 Å². The molecule has 1 aromatic rings. The molecule has 0 spiro atoms. The summed E-state index contributed by atoms with van der Waals surface area (Å²) >= 11 is 0. The smallest absolute Gasteiger partial charge is 0.422 e. The van der Waals surface area contributed by atoms with Crippen LogP contribution in [-0.4, -0.2) is 85.3 Å². The molecule has 3 N–H and O–H groups in total. The van der Waals surface area contributed by atoms with E-state index in [1.165, 1.54) is 6.07 Å². The molecule has 3 fully saturated rings. The van der Waals surface area contributed by atoms with Gasteiger partial charge >= 0.3 is 6.09 Å². The number of hydrazine groups is 1. The zero-order valence-electron chi connectivity index (χ0n) is 23.0. The van der Waals surface area contributed by atoms with Crippen LogP contribution in [0.15, 0.2) is 12.1 Å². The van der Waals surface area contributed by atoms with Crippen LogP contribution in [0.25, 0.3) is 0 Å². The van der Waals surface area contributed by atoms with Gasteiger partial charge in [0, 0.05) is 45.7 Å². The molecule has 3 saturated heterocycles. The Labute approximate surface area is 228 Å². The number of piperidine rings is 2. The Balaban J connectivity index is 1.19. The molecular weight excluding hydrogens is 510 g/mol. The van der Waals surface area contributed by atoms with Gasteiger partial charge in [-0.15, -0.1) is 0 Å². The van der Waals surface area contributed by atoms with E-state index in [1.54, 1.807) is 6.07 Å². The minimum Gasteiger partial charge on any atom is -0.443 e.